The normalized spacial score (nSPS) is 17.2. The zero-order valence-electron chi connectivity index (χ0n) is 18.3. The van der Waals surface area contributed by atoms with Crippen molar-refractivity contribution in [2.75, 3.05) is 33.9 Å². The van der Waals surface area contributed by atoms with Crippen molar-refractivity contribution in [1.29, 1.82) is 0 Å². The van der Waals surface area contributed by atoms with Crippen LogP contribution in [0.1, 0.15) is 25.3 Å². The SMILES string of the molecule is CCOc1ccc(S(=O)(=O)N2CCCC(C(=O)N(C)Cc3ccc(OC)cc3)C2)cc1. The van der Waals surface area contributed by atoms with E-state index in [1.807, 2.05) is 31.2 Å². The second kappa shape index (κ2) is 10.2. The molecule has 1 amide bonds. The van der Waals surface area contributed by atoms with E-state index in [-0.39, 0.29) is 23.3 Å². The van der Waals surface area contributed by atoms with Gasteiger partial charge in [0.1, 0.15) is 11.5 Å². The lowest BCUT2D eigenvalue weighted by molar-refractivity contribution is -0.135. The van der Waals surface area contributed by atoms with Crippen LogP contribution in [0.2, 0.25) is 0 Å². The molecule has 0 spiro atoms. The van der Waals surface area contributed by atoms with Gasteiger partial charge in [0.05, 0.1) is 24.5 Å². The van der Waals surface area contributed by atoms with E-state index in [1.54, 1.807) is 43.3 Å². The first-order valence-corrected chi connectivity index (χ1v) is 11.9. The number of ether oxygens (including phenoxy) is 2. The number of nitrogens with zero attached hydrogens (tertiary/aromatic N) is 2. The Bertz CT molecular complexity index is 974. The third-order valence-electron chi connectivity index (χ3n) is 5.46. The van der Waals surface area contributed by atoms with Gasteiger partial charge in [-0.25, -0.2) is 8.42 Å². The number of carbonyl (C=O) groups is 1. The van der Waals surface area contributed by atoms with Crippen LogP contribution in [0, 0.1) is 5.92 Å². The van der Waals surface area contributed by atoms with Crippen molar-refractivity contribution in [2.24, 2.45) is 5.92 Å². The highest BCUT2D eigenvalue weighted by atomic mass is 32.2. The smallest absolute Gasteiger partial charge is 0.243 e. The zero-order valence-corrected chi connectivity index (χ0v) is 19.1. The van der Waals surface area contributed by atoms with Gasteiger partial charge in [-0.2, -0.15) is 4.31 Å². The molecule has 0 radical (unpaired) electrons. The summed E-state index contributed by atoms with van der Waals surface area (Å²) in [5.74, 6) is 1.00. The maximum absolute atomic E-state index is 13.1. The average Bonchev–Trinajstić information content (AvgIpc) is 2.79. The third-order valence-corrected chi connectivity index (χ3v) is 7.34. The monoisotopic (exact) mass is 446 g/mol. The molecule has 0 saturated carbocycles. The summed E-state index contributed by atoms with van der Waals surface area (Å²) in [6, 6.07) is 14.0. The van der Waals surface area contributed by atoms with Crippen molar-refractivity contribution >= 4 is 15.9 Å². The Hall–Kier alpha value is -2.58. The molecule has 31 heavy (non-hydrogen) atoms. The zero-order chi connectivity index (χ0) is 22.4. The molecule has 1 aliphatic heterocycles. The molecular weight excluding hydrogens is 416 g/mol. The van der Waals surface area contributed by atoms with Crippen LogP contribution in [-0.4, -0.2) is 57.4 Å². The second-order valence-corrected chi connectivity index (χ2v) is 9.59. The molecule has 2 aromatic rings. The van der Waals surface area contributed by atoms with Gasteiger partial charge in [0.25, 0.3) is 0 Å². The molecule has 1 aliphatic rings. The lowest BCUT2D eigenvalue weighted by Crippen LogP contribution is -2.45. The molecule has 3 rings (SSSR count). The van der Waals surface area contributed by atoms with E-state index in [1.165, 1.54) is 4.31 Å². The van der Waals surface area contributed by atoms with Crippen molar-refractivity contribution < 1.29 is 22.7 Å². The fourth-order valence-corrected chi connectivity index (χ4v) is 5.30. The number of sulfonamides is 1. The Balaban J connectivity index is 1.66. The lowest BCUT2D eigenvalue weighted by atomic mass is 9.98. The van der Waals surface area contributed by atoms with Crippen LogP contribution in [0.5, 0.6) is 11.5 Å². The van der Waals surface area contributed by atoms with Crippen LogP contribution in [-0.2, 0) is 21.4 Å². The largest absolute Gasteiger partial charge is 0.497 e. The first-order valence-electron chi connectivity index (χ1n) is 10.5. The number of methoxy groups -OCH3 is 1. The van der Waals surface area contributed by atoms with E-state index in [0.717, 1.165) is 11.3 Å². The summed E-state index contributed by atoms with van der Waals surface area (Å²) in [6.07, 6.45) is 1.34. The van der Waals surface area contributed by atoms with Gasteiger partial charge in [0.15, 0.2) is 0 Å². The fraction of sp³-hybridized carbons (Fsp3) is 0.435. The maximum Gasteiger partial charge on any atom is 0.243 e. The number of piperidine rings is 1. The summed E-state index contributed by atoms with van der Waals surface area (Å²) in [4.78, 5) is 14.9. The highest BCUT2D eigenvalue weighted by Gasteiger charge is 2.34. The Morgan fingerprint density at radius 2 is 1.74 bits per heavy atom. The Morgan fingerprint density at radius 1 is 1.10 bits per heavy atom. The molecule has 1 saturated heterocycles. The topological polar surface area (TPSA) is 76.2 Å². The second-order valence-electron chi connectivity index (χ2n) is 7.65. The quantitative estimate of drug-likeness (QED) is 0.623. The van der Waals surface area contributed by atoms with Crippen LogP contribution in [0.25, 0.3) is 0 Å². The van der Waals surface area contributed by atoms with E-state index in [9.17, 15) is 13.2 Å². The van der Waals surface area contributed by atoms with Crippen LogP contribution in [0.3, 0.4) is 0 Å². The average molecular weight is 447 g/mol. The molecular formula is C23H30N2O5S. The molecule has 168 valence electrons. The van der Waals surface area contributed by atoms with E-state index in [0.29, 0.717) is 38.3 Å². The van der Waals surface area contributed by atoms with E-state index >= 15 is 0 Å². The highest BCUT2D eigenvalue weighted by Crippen LogP contribution is 2.26. The highest BCUT2D eigenvalue weighted by molar-refractivity contribution is 7.89. The van der Waals surface area contributed by atoms with Gasteiger partial charge in [-0.1, -0.05) is 12.1 Å². The molecule has 1 fully saturated rings. The number of benzene rings is 2. The number of hydrogen-bond acceptors (Lipinski definition) is 5. The van der Waals surface area contributed by atoms with Crippen molar-refractivity contribution in [1.82, 2.24) is 9.21 Å². The molecule has 0 aromatic heterocycles. The van der Waals surface area contributed by atoms with Crippen molar-refractivity contribution in [2.45, 2.75) is 31.2 Å². The van der Waals surface area contributed by atoms with Crippen molar-refractivity contribution in [3.63, 3.8) is 0 Å². The molecule has 2 aromatic carbocycles. The summed E-state index contributed by atoms with van der Waals surface area (Å²) >= 11 is 0. The number of hydrogen-bond donors (Lipinski definition) is 0. The van der Waals surface area contributed by atoms with E-state index in [4.69, 9.17) is 9.47 Å². The van der Waals surface area contributed by atoms with Gasteiger partial charge in [0, 0.05) is 26.7 Å². The molecule has 1 heterocycles. The van der Waals surface area contributed by atoms with E-state index in [2.05, 4.69) is 0 Å². The minimum atomic E-state index is -3.66. The van der Waals surface area contributed by atoms with Gasteiger partial charge < -0.3 is 14.4 Å². The van der Waals surface area contributed by atoms with Crippen LogP contribution in [0.15, 0.2) is 53.4 Å². The first kappa shape index (κ1) is 23.1. The Labute approximate surface area is 184 Å². The van der Waals surface area contributed by atoms with Crippen LogP contribution in [0.4, 0.5) is 0 Å². The van der Waals surface area contributed by atoms with Gasteiger partial charge >= 0.3 is 0 Å². The Kier molecular flexibility index (Phi) is 7.56. The minimum absolute atomic E-state index is 0.0394. The molecule has 0 aliphatic carbocycles. The summed E-state index contributed by atoms with van der Waals surface area (Å²) in [6.45, 7) is 3.47. The molecule has 0 N–H and O–H groups in total. The summed E-state index contributed by atoms with van der Waals surface area (Å²) in [5.41, 5.74) is 0.992. The summed E-state index contributed by atoms with van der Waals surface area (Å²) in [5, 5.41) is 0. The van der Waals surface area contributed by atoms with E-state index < -0.39 is 10.0 Å². The molecule has 0 bridgehead atoms. The Morgan fingerprint density at radius 3 is 2.35 bits per heavy atom. The van der Waals surface area contributed by atoms with Crippen molar-refractivity contribution in [3.8, 4) is 11.5 Å². The minimum Gasteiger partial charge on any atom is -0.497 e. The molecule has 7 nitrogen and oxygen atoms in total. The van der Waals surface area contributed by atoms with Crippen LogP contribution >= 0.6 is 0 Å². The summed E-state index contributed by atoms with van der Waals surface area (Å²) in [7, 11) is -0.291. The van der Waals surface area contributed by atoms with Gasteiger partial charge in [-0.15, -0.1) is 0 Å². The predicted octanol–water partition coefficient (Wildman–Crippen LogP) is 3.15. The lowest BCUT2D eigenvalue weighted by Gasteiger charge is -2.33. The van der Waals surface area contributed by atoms with Gasteiger partial charge in [-0.3, -0.25) is 4.79 Å². The third kappa shape index (κ3) is 5.57. The molecule has 8 heteroatoms. The predicted molar refractivity (Wildman–Crippen MR) is 119 cm³/mol. The number of amides is 1. The first-order chi connectivity index (χ1) is 14.8. The fourth-order valence-electron chi connectivity index (χ4n) is 3.78. The molecule has 1 unspecified atom stereocenters. The molecule has 1 atom stereocenters. The van der Waals surface area contributed by atoms with Crippen LogP contribution < -0.4 is 9.47 Å². The van der Waals surface area contributed by atoms with Gasteiger partial charge in [-0.05, 0) is 61.7 Å². The van der Waals surface area contributed by atoms with Gasteiger partial charge in [0.2, 0.25) is 15.9 Å². The van der Waals surface area contributed by atoms with Crippen molar-refractivity contribution in [3.05, 3.63) is 54.1 Å². The number of carbonyl (C=O) groups excluding carboxylic acids is 1. The summed E-state index contributed by atoms with van der Waals surface area (Å²) < 4.78 is 38.2. The maximum atomic E-state index is 13.1. The standard InChI is InChI=1S/C23H30N2O5S/c1-4-30-21-11-13-22(14-12-21)31(27,28)25-15-5-6-19(17-25)23(26)24(2)16-18-7-9-20(29-3)10-8-18/h7-14,19H,4-6,15-17H2,1-3H3. The number of rotatable bonds is 8.